The Morgan fingerprint density at radius 3 is 2.25 bits per heavy atom. The second kappa shape index (κ2) is 8.08. The monoisotopic (exact) mass is 227 g/mol. The van der Waals surface area contributed by atoms with E-state index in [-0.39, 0.29) is 5.60 Å². The number of nitrogens with two attached hydrogens (primary N) is 1. The van der Waals surface area contributed by atoms with Gasteiger partial charge in [-0.3, -0.25) is 0 Å². The number of rotatable bonds is 7. The average Bonchev–Trinajstić information content (AvgIpc) is 2.55. The molecule has 0 aromatic heterocycles. The van der Waals surface area contributed by atoms with E-state index in [1.54, 1.807) is 0 Å². The Morgan fingerprint density at radius 2 is 1.69 bits per heavy atom. The molecule has 16 heavy (non-hydrogen) atoms. The van der Waals surface area contributed by atoms with Crippen LogP contribution in [-0.2, 0) is 4.74 Å². The van der Waals surface area contributed by atoms with Gasteiger partial charge < -0.3 is 10.5 Å². The molecule has 0 radical (unpaired) electrons. The molecule has 1 aliphatic rings. The molecule has 0 saturated heterocycles. The molecule has 0 amide bonds. The zero-order chi connectivity index (χ0) is 11.7. The van der Waals surface area contributed by atoms with Gasteiger partial charge in [0.25, 0.3) is 0 Å². The van der Waals surface area contributed by atoms with Crippen LogP contribution in [-0.4, -0.2) is 18.8 Å². The normalized spacial score (nSPS) is 20.6. The number of hydrogen-bond acceptors (Lipinski definition) is 2. The SMILES string of the molecule is CCCCCCOC1(CN)CCCCCC1. The van der Waals surface area contributed by atoms with E-state index < -0.39 is 0 Å². The second-order valence-corrected chi connectivity index (χ2v) is 5.21. The Morgan fingerprint density at radius 1 is 1.00 bits per heavy atom. The van der Waals surface area contributed by atoms with Crippen molar-refractivity contribution >= 4 is 0 Å². The smallest absolute Gasteiger partial charge is 0.0804 e. The first kappa shape index (κ1) is 14.0. The molecule has 1 fully saturated rings. The van der Waals surface area contributed by atoms with E-state index in [1.165, 1.54) is 64.2 Å². The molecule has 0 aliphatic heterocycles. The maximum atomic E-state index is 6.12. The van der Waals surface area contributed by atoms with Crippen LogP contribution in [0.25, 0.3) is 0 Å². The van der Waals surface area contributed by atoms with E-state index in [2.05, 4.69) is 6.92 Å². The molecule has 0 bridgehead atoms. The molecule has 0 spiro atoms. The van der Waals surface area contributed by atoms with Crippen LogP contribution in [0.1, 0.15) is 71.1 Å². The van der Waals surface area contributed by atoms with Crippen LogP contribution in [0, 0.1) is 0 Å². The minimum Gasteiger partial charge on any atom is -0.374 e. The van der Waals surface area contributed by atoms with Gasteiger partial charge >= 0.3 is 0 Å². The Bertz CT molecular complexity index is 162. The molecule has 0 unspecified atom stereocenters. The molecule has 0 atom stereocenters. The molecule has 0 aromatic rings. The first-order valence-corrected chi connectivity index (χ1v) is 7.17. The van der Waals surface area contributed by atoms with E-state index in [4.69, 9.17) is 10.5 Å². The molecular formula is C14H29NO. The summed E-state index contributed by atoms with van der Waals surface area (Å²) >= 11 is 0. The van der Waals surface area contributed by atoms with Gasteiger partial charge in [-0.15, -0.1) is 0 Å². The standard InChI is InChI=1S/C14H29NO/c1-2-3-4-9-12-16-14(13-15)10-7-5-6-8-11-14/h2-13,15H2,1H3. The third-order valence-electron chi connectivity index (χ3n) is 3.79. The third-order valence-corrected chi connectivity index (χ3v) is 3.79. The summed E-state index contributed by atoms with van der Waals surface area (Å²) in [5, 5.41) is 0. The van der Waals surface area contributed by atoms with Crippen molar-refractivity contribution < 1.29 is 4.74 Å². The van der Waals surface area contributed by atoms with Gasteiger partial charge in [-0.1, -0.05) is 51.9 Å². The van der Waals surface area contributed by atoms with E-state index in [1.807, 2.05) is 0 Å². The first-order valence-electron chi connectivity index (χ1n) is 7.17. The highest BCUT2D eigenvalue weighted by Gasteiger charge is 2.29. The zero-order valence-electron chi connectivity index (χ0n) is 11.0. The highest BCUT2D eigenvalue weighted by atomic mass is 16.5. The Labute approximate surface area is 101 Å². The van der Waals surface area contributed by atoms with Gasteiger partial charge in [-0.25, -0.2) is 0 Å². The van der Waals surface area contributed by atoms with Crippen molar-refractivity contribution in [1.29, 1.82) is 0 Å². The number of unbranched alkanes of at least 4 members (excludes halogenated alkanes) is 3. The summed E-state index contributed by atoms with van der Waals surface area (Å²) in [7, 11) is 0. The largest absolute Gasteiger partial charge is 0.374 e. The van der Waals surface area contributed by atoms with Crippen LogP contribution < -0.4 is 5.73 Å². The van der Waals surface area contributed by atoms with Gasteiger partial charge in [-0.05, 0) is 19.3 Å². The molecule has 2 N–H and O–H groups in total. The van der Waals surface area contributed by atoms with Crippen molar-refractivity contribution in [2.75, 3.05) is 13.2 Å². The van der Waals surface area contributed by atoms with Gasteiger partial charge in [-0.2, -0.15) is 0 Å². The Kier molecular flexibility index (Phi) is 7.06. The zero-order valence-corrected chi connectivity index (χ0v) is 11.0. The highest BCUT2D eigenvalue weighted by molar-refractivity contribution is 4.84. The van der Waals surface area contributed by atoms with E-state index in [9.17, 15) is 0 Å². The highest BCUT2D eigenvalue weighted by Crippen LogP contribution is 2.29. The quantitative estimate of drug-likeness (QED) is 0.532. The summed E-state index contributed by atoms with van der Waals surface area (Å²) in [6.45, 7) is 3.87. The lowest BCUT2D eigenvalue weighted by atomic mass is 9.94. The molecular weight excluding hydrogens is 198 g/mol. The molecule has 0 heterocycles. The van der Waals surface area contributed by atoms with Crippen LogP contribution in [0.2, 0.25) is 0 Å². The topological polar surface area (TPSA) is 35.2 Å². The summed E-state index contributed by atoms with van der Waals surface area (Å²) in [4.78, 5) is 0. The van der Waals surface area contributed by atoms with Crippen LogP contribution in [0.5, 0.6) is 0 Å². The van der Waals surface area contributed by atoms with Crippen LogP contribution in [0.15, 0.2) is 0 Å². The Balaban J connectivity index is 2.22. The molecule has 0 aromatic carbocycles. The predicted octanol–water partition coefficient (Wildman–Crippen LogP) is 3.64. The Hall–Kier alpha value is -0.0800. The maximum Gasteiger partial charge on any atom is 0.0804 e. The maximum absolute atomic E-state index is 6.12. The van der Waals surface area contributed by atoms with Crippen molar-refractivity contribution in [3.63, 3.8) is 0 Å². The van der Waals surface area contributed by atoms with Crippen molar-refractivity contribution in [2.45, 2.75) is 76.7 Å². The lowest BCUT2D eigenvalue weighted by Gasteiger charge is -2.31. The van der Waals surface area contributed by atoms with Crippen LogP contribution in [0.4, 0.5) is 0 Å². The second-order valence-electron chi connectivity index (χ2n) is 5.21. The van der Waals surface area contributed by atoms with Gasteiger partial charge in [0.05, 0.1) is 5.60 Å². The average molecular weight is 227 g/mol. The lowest BCUT2D eigenvalue weighted by Crippen LogP contribution is -2.40. The van der Waals surface area contributed by atoms with Crippen molar-refractivity contribution in [2.24, 2.45) is 5.73 Å². The van der Waals surface area contributed by atoms with E-state index in [0.29, 0.717) is 6.54 Å². The van der Waals surface area contributed by atoms with Gasteiger partial charge in [0, 0.05) is 13.2 Å². The fraction of sp³-hybridized carbons (Fsp3) is 1.00. The summed E-state index contributed by atoms with van der Waals surface area (Å²) < 4.78 is 6.12. The van der Waals surface area contributed by atoms with E-state index in [0.717, 1.165) is 6.61 Å². The minimum absolute atomic E-state index is 0.0305. The molecule has 2 heteroatoms. The summed E-state index contributed by atoms with van der Waals surface area (Å²) in [5.74, 6) is 0. The minimum atomic E-state index is 0.0305. The molecule has 96 valence electrons. The fourth-order valence-electron chi connectivity index (χ4n) is 2.60. The van der Waals surface area contributed by atoms with Gasteiger partial charge in [0.15, 0.2) is 0 Å². The first-order chi connectivity index (χ1) is 7.83. The van der Waals surface area contributed by atoms with Crippen LogP contribution in [0.3, 0.4) is 0 Å². The molecule has 1 rings (SSSR count). The fourth-order valence-corrected chi connectivity index (χ4v) is 2.60. The van der Waals surface area contributed by atoms with Gasteiger partial charge in [0.2, 0.25) is 0 Å². The molecule has 2 nitrogen and oxygen atoms in total. The predicted molar refractivity (Wildman–Crippen MR) is 69.6 cm³/mol. The van der Waals surface area contributed by atoms with Crippen molar-refractivity contribution in [3.05, 3.63) is 0 Å². The van der Waals surface area contributed by atoms with Crippen molar-refractivity contribution in [1.82, 2.24) is 0 Å². The summed E-state index contributed by atoms with van der Waals surface area (Å²) in [5.41, 5.74) is 5.95. The number of hydrogen-bond donors (Lipinski definition) is 1. The van der Waals surface area contributed by atoms with Gasteiger partial charge in [0.1, 0.15) is 0 Å². The third kappa shape index (κ3) is 4.84. The summed E-state index contributed by atoms with van der Waals surface area (Å²) in [6, 6.07) is 0. The molecule has 1 saturated carbocycles. The van der Waals surface area contributed by atoms with Crippen LogP contribution >= 0.6 is 0 Å². The molecule has 1 aliphatic carbocycles. The van der Waals surface area contributed by atoms with E-state index >= 15 is 0 Å². The summed E-state index contributed by atoms with van der Waals surface area (Å²) in [6.07, 6.45) is 12.8. The van der Waals surface area contributed by atoms with Crippen molar-refractivity contribution in [3.8, 4) is 0 Å². The number of ether oxygens (including phenoxy) is 1. The lowest BCUT2D eigenvalue weighted by molar-refractivity contribution is -0.0507.